The summed E-state index contributed by atoms with van der Waals surface area (Å²) >= 11 is 7.60. The maximum Gasteiger partial charge on any atom is 0.274 e. The van der Waals surface area contributed by atoms with Crippen molar-refractivity contribution in [3.8, 4) is 11.3 Å². The molecule has 102 valence electrons. The van der Waals surface area contributed by atoms with Gasteiger partial charge in [-0.05, 0) is 23.8 Å². The number of benzene rings is 2. The summed E-state index contributed by atoms with van der Waals surface area (Å²) in [4.78, 5) is 16.7. The molecule has 0 fully saturated rings. The van der Waals surface area contributed by atoms with Gasteiger partial charge in [0, 0.05) is 11.1 Å². The van der Waals surface area contributed by atoms with Crippen LogP contribution in [0.15, 0.2) is 59.4 Å². The third-order valence-electron chi connectivity index (χ3n) is 3.33. The molecule has 0 radical (unpaired) electrons. The van der Waals surface area contributed by atoms with E-state index in [-0.39, 0.29) is 5.56 Å². The lowest BCUT2D eigenvalue weighted by Crippen LogP contribution is -2.08. The van der Waals surface area contributed by atoms with Gasteiger partial charge in [0.2, 0.25) is 0 Å². The van der Waals surface area contributed by atoms with Gasteiger partial charge in [-0.25, -0.2) is 0 Å². The summed E-state index contributed by atoms with van der Waals surface area (Å²) in [6, 6.07) is 17.1. The Bertz CT molecular complexity index is 1020. The molecule has 0 saturated heterocycles. The average Bonchev–Trinajstić information content (AvgIpc) is 2.84. The van der Waals surface area contributed by atoms with Crippen molar-refractivity contribution in [2.45, 2.75) is 0 Å². The van der Waals surface area contributed by atoms with Crippen molar-refractivity contribution in [2.75, 3.05) is 0 Å². The van der Waals surface area contributed by atoms with E-state index in [1.165, 1.54) is 11.3 Å². The lowest BCUT2D eigenvalue weighted by molar-refractivity contribution is 1.15. The summed E-state index contributed by atoms with van der Waals surface area (Å²) in [5, 5.41) is 0.667. The molecule has 0 spiro atoms. The largest absolute Gasteiger partial charge is 0.284 e. The zero-order valence-electron chi connectivity index (χ0n) is 10.8. The van der Waals surface area contributed by atoms with Crippen LogP contribution in [0.25, 0.3) is 26.4 Å². The van der Waals surface area contributed by atoms with E-state index >= 15 is 0 Å². The highest BCUT2D eigenvalue weighted by molar-refractivity contribution is 7.23. The minimum atomic E-state index is -0.230. The Morgan fingerprint density at radius 2 is 1.86 bits per heavy atom. The van der Waals surface area contributed by atoms with Crippen LogP contribution in [0.5, 0.6) is 0 Å². The van der Waals surface area contributed by atoms with Gasteiger partial charge in [-0.1, -0.05) is 53.3 Å². The van der Waals surface area contributed by atoms with Crippen molar-refractivity contribution < 1.29 is 0 Å². The fraction of sp³-hybridized carbons (Fsp3) is 0. The van der Waals surface area contributed by atoms with Crippen molar-refractivity contribution in [3.05, 3.63) is 70.0 Å². The number of nitrogens with zero attached hydrogens (tertiary/aromatic N) is 2. The minimum absolute atomic E-state index is 0.230. The maximum absolute atomic E-state index is 11.9. The molecule has 0 saturated carbocycles. The van der Waals surface area contributed by atoms with Gasteiger partial charge < -0.3 is 0 Å². The lowest BCUT2D eigenvalue weighted by Gasteiger charge is -2.06. The summed E-state index contributed by atoms with van der Waals surface area (Å²) in [5.41, 5.74) is 2.55. The van der Waals surface area contributed by atoms with E-state index in [9.17, 15) is 4.79 Å². The molecule has 3 nitrogen and oxygen atoms in total. The number of hydrogen-bond acceptors (Lipinski definition) is 3. The monoisotopic (exact) mass is 312 g/mol. The third kappa shape index (κ3) is 2.04. The number of aromatic nitrogens is 2. The standard InChI is InChI=1S/C16H9ClN2OS/c17-11-6-7-14-13(8-11)19-12(10-4-2-1-3-5-10)9-15(20)18-16(19)21-14/h1-9H. The van der Waals surface area contributed by atoms with E-state index < -0.39 is 0 Å². The van der Waals surface area contributed by atoms with Crippen molar-refractivity contribution in [2.24, 2.45) is 0 Å². The fourth-order valence-corrected chi connectivity index (χ4v) is 3.61. The molecule has 0 N–H and O–H groups in total. The lowest BCUT2D eigenvalue weighted by atomic mass is 10.1. The molecule has 2 heterocycles. The Kier molecular flexibility index (Phi) is 2.80. The number of halogens is 1. The van der Waals surface area contributed by atoms with Gasteiger partial charge in [0.1, 0.15) is 0 Å². The normalized spacial score (nSPS) is 11.3. The minimum Gasteiger partial charge on any atom is -0.284 e. The number of rotatable bonds is 1. The highest BCUT2D eigenvalue weighted by Gasteiger charge is 2.12. The molecule has 2 aromatic carbocycles. The molecule has 2 aromatic heterocycles. The first-order chi connectivity index (χ1) is 10.2. The van der Waals surface area contributed by atoms with Crippen LogP contribution in [0.2, 0.25) is 5.02 Å². The second-order valence-corrected chi connectivity index (χ2v) is 6.12. The Morgan fingerprint density at radius 3 is 2.67 bits per heavy atom. The van der Waals surface area contributed by atoms with Gasteiger partial charge in [-0.3, -0.25) is 9.20 Å². The van der Waals surface area contributed by atoms with Gasteiger partial charge in [0.25, 0.3) is 5.56 Å². The zero-order valence-corrected chi connectivity index (χ0v) is 12.4. The quantitative estimate of drug-likeness (QED) is 0.527. The molecule has 0 aliphatic heterocycles. The van der Waals surface area contributed by atoms with Gasteiger partial charge in [0.15, 0.2) is 4.96 Å². The first-order valence-electron chi connectivity index (χ1n) is 6.40. The summed E-state index contributed by atoms with van der Waals surface area (Å²) in [6.07, 6.45) is 0. The van der Waals surface area contributed by atoms with E-state index in [0.717, 1.165) is 21.5 Å². The Balaban J connectivity index is 2.21. The smallest absolute Gasteiger partial charge is 0.274 e. The number of thiazole rings is 1. The molecule has 0 aliphatic rings. The Morgan fingerprint density at radius 1 is 1.05 bits per heavy atom. The summed E-state index contributed by atoms with van der Waals surface area (Å²) in [6.45, 7) is 0. The van der Waals surface area contributed by atoms with Crippen molar-refractivity contribution in [1.29, 1.82) is 0 Å². The van der Waals surface area contributed by atoms with Gasteiger partial charge in [-0.15, -0.1) is 0 Å². The second-order valence-electron chi connectivity index (χ2n) is 4.68. The van der Waals surface area contributed by atoms with E-state index in [1.54, 1.807) is 6.07 Å². The molecule has 0 aliphatic carbocycles. The van der Waals surface area contributed by atoms with E-state index in [4.69, 9.17) is 11.6 Å². The highest BCUT2D eigenvalue weighted by atomic mass is 35.5. The van der Waals surface area contributed by atoms with E-state index in [2.05, 4.69) is 4.98 Å². The third-order valence-corrected chi connectivity index (χ3v) is 4.59. The topological polar surface area (TPSA) is 34.4 Å². The van der Waals surface area contributed by atoms with Crippen molar-refractivity contribution in [3.63, 3.8) is 0 Å². The molecular formula is C16H9ClN2OS. The molecule has 5 heteroatoms. The van der Waals surface area contributed by atoms with Crippen LogP contribution in [0.3, 0.4) is 0 Å². The molecule has 0 amide bonds. The number of fused-ring (bicyclic) bond motifs is 3. The van der Waals surface area contributed by atoms with E-state index in [1.807, 2.05) is 52.9 Å². The molecule has 4 rings (SSSR count). The SMILES string of the molecule is O=c1cc(-c2ccccc2)n2c(n1)sc1ccc(Cl)cc12. The Labute approximate surface area is 129 Å². The second kappa shape index (κ2) is 4.69. The van der Waals surface area contributed by atoms with Crippen LogP contribution in [0.1, 0.15) is 0 Å². The van der Waals surface area contributed by atoms with Crippen molar-refractivity contribution >= 4 is 38.1 Å². The molecule has 4 aromatic rings. The van der Waals surface area contributed by atoms with Crippen LogP contribution in [0, 0.1) is 0 Å². The maximum atomic E-state index is 11.9. The number of hydrogen-bond donors (Lipinski definition) is 0. The van der Waals surface area contributed by atoms with Gasteiger partial charge in [0.05, 0.1) is 15.9 Å². The summed E-state index contributed by atoms with van der Waals surface area (Å²) in [5.74, 6) is 0. The molecule has 0 unspecified atom stereocenters. The Hall–Kier alpha value is -2.17. The first-order valence-corrected chi connectivity index (χ1v) is 7.59. The van der Waals surface area contributed by atoms with Gasteiger partial charge in [-0.2, -0.15) is 4.98 Å². The van der Waals surface area contributed by atoms with Crippen LogP contribution in [-0.4, -0.2) is 9.38 Å². The molecule has 0 atom stereocenters. The summed E-state index contributed by atoms with van der Waals surface area (Å²) in [7, 11) is 0. The van der Waals surface area contributed by atoms with Crippen LogP contribution >= 0.6 is 22.9 Å². The van der Waals surface area contributed by atoms with Crippen LogP contribution in [-0.2, 0) is 0 Å². The predicted molar refractivity (Wildman–Crippen MR) is 87.3 cm³/mol. The highest BCUT2D eigenvalue weighted by Crippen LogP contribution is 2.31. The van der Waals surface area contributed by atoms with Crippen LogP contribution < -0.4 is 5.56 Å². The molecule has 0 bridgehead atoms. The average molecular weight is 313 g/mol. The van der Waals surface area contributed by atoms with Crippen LogP contribution in [0.4, 0.5) is 0 Å². The van der Waals surface area contributed by atoms with Gasteiger partial charge >= 0.3 is 0 Å². The fourth-order valence-electron chi connectivity index (χ4n) is 2.43. The van der Waals surface area contributed by atoms with E-state index in [0.29, 0.717) is 9.98 Å². The summed E-state index contributed by atoms with van der Waals surface area (Å²) < 4.78 is 3.04. The predicted octanol–water partition coefficient (Wildman–Crippen LogP) is 4.23. The molecule has 21 heavy (non-hydrogen) atoms. The molecular weight excluding hydrogens is 304 g/mol. The first kappa shape index (κ1) is 12.6. The zero-order chi connectivity index (χ0) is 14.4. The van der Waals surface area contributed by atoms with Crippen molar-refractivity contribution in [1.82, 2.24) is 9.38 Å².